The summed E-state index contributed by atoms with van der Waals surface area (Å²) in [5.74, 6) is 2.39. The van der Waals surface area contributed by atoms with Gasteiger partial charge in [0.15, 0.2) is 23.3 Å². The lowest BCUT2D eigenvalue weighted by Crippen LogP contribution is -1.82. The van der Waals surface area contributed by atoms with Crippen molar-refractivity contribution >= 4 is 50.3 Å². The van der Waals surface area contributed by atoms with Crippen LogP contribution in [0, 0.1) is 0 Å². The minimum atomic E-state index is -1.83. The highest BCUT2D eigenvalue weighted by molar-refractivity contribution is 6.06. The van der Waals surface area contributed by atoms with Crippen LogP contribution in [0.2, 0.25) is 0 Å². The van der Waals surface area contributed by atoms with Crippen LogP contribution in [0.15, 0.2) is 97.1 Å². The zero-order chi connectivity index (χ0) is 29.8. The normalized spacial score (nSPS) is 11.5. The van der Waals surface area contributed by atoms with E-state index in [1.54, 1.807) is 0 Å². The number of nitrogens with zero attached hydrogens (tertiary/aromatic N) is 6. The summed E-state index contributed by atoms with van der Waals surface area (Å²) < 4.78 is 0. The highest BCUT2D eigenvalue weighted by atomic mass is 16.6. The summed E-state index contributed by atoms with van der Waals surface area (Å²) in [6.45, 7) is 0. The lowest BCUT2D eigenvalue weighted by atomic mass is 10.1. The molecular formula is C33H20N8O3. The van der Waals surface area contributed by atoms with Crippen molar-refractivity contribution in [3.8, 4) is 45.6 Å². The van der Waals surface area contributed by atoms with Crippen LogP contribution in [0.1, 0.15) is 0 Å². The third-order valence-corrected chi connectivity index (χ3v) is 7.46. The Labute approximate surface area is 247 Å². The third kappa shape index (κ3) is 4.10. The van der Waals surface area contributed by atoms with Gasteiger partial charge in [0.2, 0.25) is 0 Å². The molecule has 2 aliphatic heterocycles. The molecule has 7 aromatic rings. The van der Waals surface area contributed by atoms with Crippen molar-refractivity contribution in [2.75, 3.05) is 0 Å². The first-order valence-electron chi connectivity index (χ1n) is 13.6. The van der Waals surface area contributed by atoms with Gasteiger partial charge < -0.3 is 20.2 Å². The zero-order valence-electron chi connectivity index (χ0n) is 22.7. The molecule has 0 radical (unpaired) electrons. The minimum Gasteiger partial charge on any atom is -0.450 e. The molecule has 0 atom stereocenters. The predicted octanol–water partition coefficient (Wildman–Crippen LogP) is 7.09. The van der Waals surface area contributed by atoms with Crippen LogP contribution >= 0.6 is 0 Å². The number of aromatic amines is 2. The second kappa shape index (κ2) is 9.81. The first-order valence-corrected chi connectivity index (χ1v) is 13.6. The maximum atomic E-state index is 8.56. The van der Waals surface area contributed by atoms with Crippen molar-refractivity contribution < 1.29 is 15.0 Å². The standard InChI is InChI=1S/C32H18N8.CH2O3/c1-2-10-18-17(9-1)25-33-26(18)38-28-21-13-5-6-14-22(21)30(35-28)40-32-24-16-8-7-15-23(24)31(36-32)39-29-20-12-4-3-11-19(20)27(34-29)37-25;2-1(3)4/h1-16H,(H2,33,34,35,36,37,38,39,40);(H2,2,3,4). The first kappa shape index (κ1) is 25.2. The Kier molecular flexibility index (Phi) is 5.63. The lowest BCUT2D eigenvalue weighted by Gasteiger charge is -1.96. The summed E-state index contributed by atoms with van der Waals surface area (Å²) in [4.78, 5) is 45.3. The molecule has 11 heteroatoms. The van der Waals surface area contributed by atoms with Crippen LogP contribution in [0.3, 0.4) is 0 Å². The quantitative estimate of drug-likeness (QED) is 0.147. The molecule has 0 saturated heterocycles. The molecule has 0 unspecified atom stereocenters. The van der Waals surface area contributed by atoms with E-state index in [0.29, 0.717) is 45.9 Å². The molecule has 0 aliphatic carbocycles. The van der Waals surface area contributed by atoms with E-state index in [2.05, 4.69) is 9.97 Å². The van der Waals surface area contributed by atoms with Gasteiger partial charge in [-0.3, -0.25) is 0 Å². The summed E-state index contributed by atoms with van der Waals surface area (Å²) in [6.07, 6.45) is -1.83. The second-order valence-electron chi connectivity index (χ2n) is 10.1. The molecule has 9 rings (SSSR count). The third-order valence-electron chi connectivity index (χ3n) is 7.46. The Morgan fingerprint density at radius 1 is 0.409 bits per heavy atom. The van der Waals surface area contributed by atoms with Gasteiger partial charge in [-0.2, -0.15) is 0 Å². The highest BCUT2D eigenvalue weighted by Crippen LogP contribution is 2.36. The van der Waals surface area contributed by atoms with E-state index in [0.717, 1.165) is 43.8 Å². The van der Waals surface area contributed by atoms with Crippen LogP contribution in [0.25, 0.3) is 89.7 Å². The number of aromatic nitrogens is 8. The summed E-state index contributed by atoms with van der Waals surface area (Å²) in [5.41, 5.74) is 6.45. The molecule has 5 heterocycles. The van der Waals surface area contributed by atoms with Gasteiger partial charge >= 0.3 is 6.16 Å². The molecular weight excluding hydrogens is 556 g/mol. The molecule has 3 aromatic heterocycles. The molecule has 4 aromatic carbocycles. The van der Waals surface area contributed by atoms with Gasteiger partial charge in [-0.1, -0.05) is 97.1 Å². The molecule has 8 bridgehead atoms. The molecule has 11 nitrogen and oxygen atoms in total. The monoisotopic (exact) mass is 576 g/mol. The van der Waals surface area contributed by atoms with E-state index >= 15 is 0 Å². The van der Waals surface area contributed by atoms with E-state index in [-0.39, 0.29) is 0 Å². The zero-order valence-corrected chi connectivity index (χ0v) is 22.7. The van der Waals surface area contributed by atoms with Gasteiger partial charge in [-0.05, 0) is 0 Å². The number of carbonyl (C=O) groups is 1. The van der Waals surface area contributed by atoms with Crippen molar-refractivity contribution in [3.05, 3.63) is 97.1 Å². The Morgan fingerprint density at radius 2 is 0.636 bits per heavy atom. The number of carboxylic acid groups (broad SMARTS) is 2. The Balaban J connectivity index is 0.000000684. The number of hydrogen-bond donors (Lipinski definition) is 4. The summed E-state index contributed by atoms with van der Waals surface area (Å²) in [6, 6.07) is 32.2. The Morgan fingerprint density at radius 3 is 0.886 bits per heavy atom. The van der Waals surface area contributed by atoms with E-state index < -0.39 is 6.16 Å². The number of hydrogen-bond acceptors (Lipinski definition) is 7. The van der Waals surface area contributed by atoms with E-state index in [1.165, 1.54) is 0 Å². The van der Waals surface area contributed by atoms with Crippen molar-refractivity contribution in [2.24, 2.45) is 0 Å². The number of nitrogens with one attached hydrogen (secondary N) is 2. The van der Waals surface area contributed by atoms with Crippen LogP contribution in [-0.2, 0) is 0 Å². The molecule has 0 spiro atoms. The van der Waals surface area contributed by atoms with Crippen LogP contribution in [0.5, 0.6) is 0 Å². The van der Waals surface area contributed by atoms with Crippen LogP contribution < -0.4 is 0 Å². The van der Waals surface area contributed by atoms with Crippen LogP contribution in [-0.4, -0.2) is 56.2 Å². The lowest BCUT2D eigenvalue weighted by molar-refractivity contribution is 0.137. The fourth-order valence-electron chi connectivity index (χ4n) is 5.59. The maximum Gasteiger partial charge on any atom is 0.503 e. The van der Waals surface area contributed by atoms with Crippen LogP contribution in [0.4, 0.5) is 4.79 Å². The molecule has 44 heavy (non-hydrogen) atoms. The van der Waals surface area contributed by atoms with E-state index in [4.69, 9.17) is 44.9 Å². The average Bonchev–Trinajstić information content (AvgIpc) is 3.76. The maximum absolute atomic E-state index is 8.56. The first-order chi connectivity index (χ1) is 21.5. The number of fused-ring (bicyclic) bond motifs is 20. The fourth-order valence-corrected chi connectivity index (χ4v) is 5.59. The van der Waals surface area contributed by atoms with Crippen molar-refractivity contribution in [2.45, 2.75) is 0 Å². The van der Waals surface area contributed by atoms with Crippen molar-refractivity contribution in [3.63, 3.8) is 0 Å². The van der Waals surface area contributed by atoms with Crippen molar-refractivity contribution in [1.29, 1.82) is 0 Å². The average molecular weight is 577 g/mol. The predicted molar refractivity (Wildman–Crippen MR) is 167 cm³/mol. The van der Waals surface area contributed by atoms with Gasteiger partial charge in [0.1, 0.15) is 22.6 Å². The minimum absolute atomic E-state index is 0.597. The highest BCUT2D eigenvalue weighted by Gasteiger charge is 2.21. The molecule has 0 fully saturated rings. The Hall–Kier alpha value is -6.49. The number of rotatable bonds is 0. The fraction of sp³-hybridized carbons (Fsp3) is 0. The van der Waals surface area contributed by atoms with E-state index in [1.807, 2.05) is 97.1 Å². The topological polar surface area (TPSA) is 166 Å². The Bertz CT molecular complexity index is 2140. The SMILES string of the molecule is O=C(O)O.c1ccc2c(c1)-c1nc-2nc2[nH]c(nc3nc(nc4[nH]c(n1)c1ccccc41)-c1ccccc1-3)c1ccccc21. The second-order valence-corrected chi connectivity index (χ2v) is 10.1. The molecule has 210 valence electrons. The molecule has 0 amide bonds. The molecule has 2 aliphatic rings. The van der Waals surface area contributed by atoms with Gasteiger partial charge in [0, 0.05) is 43.8 Å². The summed E-state index contributed by atoms with van der Waals surface area (Å²) >= 11 is 0. The van der Waals surface area contributed by atoms with Gasteiger partial charge in [0.05, 0.1) is 0 Å². The smallest absolute Gasteiger partial charge is 0.450 e. The number of benzene rings is 4. The van der Waals surface area contributed by atoms with Crippen molar-refractivity contribution in [1.82, 2.24) is 39.9 Å². The summed E-state index contributed by atoms with van der Waals surface area (Å²) in [7, 11) is 0. The summed E-state index contributed by atoms with van der Waals surface area (Å²) in [5, 5.41) is 17.8. The molecule has 0 saturated carbocycles. The number of H-pyrrole nitrogens is 2. The van der Waals surface area contributed by atoms with Gasteiger partial charge in [-0.15, -0.1) is 0 Å². The van der Waals surface area contributed by atoms with Gasteiger partial charge in [0.25, 0.3) is 0 Å². The van der Waals surface area contributed by atoms with Gasteiger partial charge in [-0.25, -0.2) is 34.7 Å². The van der Waals surface area contributed by atoms with E-state index in [9.17, 15) is 0 Å². The largest absolute Gasteiger partial charge is 0.503 e. The molecule has 4 N–H and O–H groups in total.